The number of nitrogens with two attached hydrogens (primary N) is 1. The van der Waals surface area contributed by atoms with E-state index in [1.54, 1.807) is 11.3 Å². The van der Waals surface area contributed by atoms with E-state index in [4.69, 9.17) is 5.73 Å². The molecule has 3 N–H and O–H groups in total. The van der Waals surface area contributed by atoms with Gasteiger partial charge >= 0.3 is 0 Å². The Morgan fingerprint density at radius 1 is 1.56 bits per heavy atom. The number of nitrogens with one attached hydrogen (secondary N) is 1. The van der Waals surface area contributed by atoms with Crippen molar-refractivity contribution in [1.29, 1.82) is 0 Å². The van der Waals surface area contributed by atoms with Crippen LogP contribution in [0, 0.1) is 5.92 Å². The summed E-state index contributed by atoms with van der Waals surface area (Å²) in [5.74, 6) is 0.298. The molecule has 4 heteroatoms. The van der Waals surface area contributed by atoms with Crippen LogP contribution in [0.5, 0.6) is 0 Å². The number of amides is 1. The fourth-order valence-electron chi connectivity index (χ4n) is 2.46. The minimum Gasteiger partial charge on any atom is -0.355 e. The predicted molar refractivity (Wildman–Crippen MR) is 75.7 cm³/mol. The van der Waals surface area contributed by atoms with Gasteiger partial charge < -0.3 is 11.1 Å². The number of carbonyl (C=O) groups is 1. The third-order valence-corrected chi connectivity index (χ3v) is 4.97. The molecule has 0 saturated heterocycles. The number of hydrogen-bond donors (Lipinski definition) is 2. The van der Waals surface area contributed by atoms with Crippen molar-refractivity contribution in [1.82, 2.24) is 5.32 Å². The summed E-state index contributed by atoms with van der Waals surface area (Å²) in [7, 11) is 0. The third-order valence-electron chi connectivity index (χ3n) is 3.74. The van der Waals surface area contributed by atoms with E-state index in [2.05, 4.69) is 36.7 Å². The molecule has 0 radical (unpaired) electrons. The number of rotatable bonds is 4. The number of hydrogen-bond acceptors (Lipinski definition) is 3. The van der Waals surface area contributed by atoms with E-state index in [1.165, 1.54) is 4.88 Å². The Morgan fingerprint density at radius 2 is 2.33 bits per heavy atom. The van der Waals surface area contributed by atoms with E-state index in [0.29, 0.717) is 6.54 Å². The van der Waals surface area contributed by atoms with Gasteiger partial charge in [0.25, 0.3) is 0 Å². The van der Waals surface area contributed by atoms with Gasteiger partial charge in [0.15, 0.2) is 0 Å². The summed E-state index contributed by atoms with van der Waals surface area (Å²) in [6.07, 6.45) is 2.75. The molecule has 1 aromatic rings. The van der Waals surface area contributed by atoms with Crippen LogP contribution in [-0.4, -0.2) is 18.5 Å². The molecule has 3 nitrogen and oxygen atoms in total. The topological polar surface area (TPSA) is 55.1 Å². The van der Waals surface area contributed by atoms with Crippen molar-refractivity contribution in [3.05, 3.63) is 22.4 Å². The second-order valence-corrected chi connectivity index (χ2v) is 6.80. The van der Waals surface area contributed by atoms with Crippen molar-refractivity contribution in [2.45, 2.75) is 44.6 Å². The Bertz CT molecular complexity index is 400. The zero-order valence-electron chi connectivity index (χ0n) is 11.1. The second-order valence-electron chi connectivity index (χ2n) is 5.85. The molecule has 1 saturated carbocycles. The van der Waals surface area contributed by atoms with Gasteiger partial charge in [0, 0.05) is 28.8 Å². The van der Waals surface area contributed by atoms with Gasteiger partial charge in [-0.2, -0.15) is 0 Å². The normalized spacial score (nSPS) is 24.2. The van der Waals surface area contributed by atoms with E-state index in [0.717, 1.165) is 19.3 Å². The van der Waals surface area contributed by atoms with Crippen molar-refractivity contribution in [3.63, 3.8) is 0 Å². The van der Waals surface area contributed by atoms with E-state index < -0.39 is 0 Å². The zero-order valence-corrected chi connectivity index (χ0v) is 11.9. The summed E-state index contributed by atoms with van der Waals surface area (Å²) < 4.78 is 0. The van der Waals surface area contributed by atoms with Gasteiger partial charge in [-0.25, -0.2) is 0 Å². The highest BCUT2D eigenvalue weighted by molar-refractivity contribution is 7.10. The van der Waals surface area contributed by atoms with Crippen LogP contribution in [0.2, 0.25) is 0 Å². The van der Waals surface area contributed by atoms with Gasteiger partial charge in [-0.15, -0.1) is 11.3 Å². The molecule has 1 fully saturated rings. The minimum atomic E-state index is 0.00451. The average molecular weight is 266 g/mol. The van der Waals surface area contributed by atoms with Gasteiger partial charge in [0.2, 0.25) is 5.91 Å². The molecule has 0 bridgehead atoms. The first-order valence-electron chi connectivity index (χ1n) is 6.56. The molecule has 100 valence electrons. The van der Waals surface area contributed by atoms with Gasteiger partial charge in [0.05, 0.1) is 0 Å². The lowest BCUT2D eigenvalue weighted by Gasteiger charge is -2.24. The fraction of sp³-hybridized carbons (Fsp3) is 0.643. The summed E-state index contributed by atoms with van der Waals surface area (Å²) in [6, 6.07) is 4.40. The number of carbonyl (C=O) groups excluding carboxylic acids is 1. The summed E-state index contributed by atoms with van der Waals surface area (Å²) in [4.78, 5) is 13.4. The molecule has 1 heterocycles. The predicted octanol–water partition coefficient (Wildman–Crippen LogP) is 2.27. The largest absolute Gasteiger partial charge is 0.355 e. The lowest BCUT2D eigenvalue weighted by molar-refractivity contribution is -0.125. The maximum absolute atomic E-state index is 12.0. The lowest BCUT2D eigenvalue weighted by Crippen LogP contribution is -2.39. The summed E-state index contributed by atoms with van der Waals surface area (Å²) in [5, 5.41) is 5.16. The van der Waals surface area contributed by atoms with Crippen LogP contribution in [-0.2, 0) is 10.2 Å². The molecule has 0 spiro atoms. The summed E-state index contributed by atoms with van der Waals surface area (Å²) >= 11 is 1.74. The SMILES string of the molecule is CC(C)(CNC(=O)C1CCC(N)C1)c1cccs1. The molecule has 0 aromatic carbocycles. The third kappa shape index (κ3) is 3.12. The molecular formula is C14H22N2OS. The van der Waals surface area contributed by atoms with Gasteiger partial charge in [0.1, 0.15) is 0 Å². The van der Waals surface area contributed by atoms with Crippen molar-refractivity contribution >= 4 is 17.2 Å². The van der Waals surface area contributed by atoms with Crippen LogP contribution in [0.1, 0.15) is 38.0 Å². The maximum atomic E-state index is 12.0. The van der Waals surface area contributed by atoms with Crippen LogP contribution in [0.15, 0.2) is 17.5 Å². The molecule has 18 heavy (non-hydrogen) atoms. The van der Waals surface area contributed by atoms with Crippen molar-refractivity contribution in [2.24, 2.45) is 11.7 Å². The zero-order chi connectivity index (χ0) is 13.2. The molecular weight excluding hydrogens is 244 g/mol. The molecule has 0 aliphatic heterocycles. The van der Waals surface area contributed by atoms with Crippen LogP contribution in [0.25, 0.3) is 0 Å². The maximum Gasteiger partial charge on any atom is 0.223 e. The second kappa shape index (κ2) is 5.41. The Kier molecular flexibility index (Phi) is 4.07. The molecule has 1 aliphatic rings. The fourth-order valence-corrected chi connectivity index (χ4v) is 3.31. The molecule has 1 aromatic heterocycles. The Labute approximate surface area is 113 Å². The average Bonchev–Trinajstić information content (AvgIpc) is 2.96. The highest BCUT2D eigenvalue weighted by Gasteiger charge is 2.29. The Balaban J connectivity index is 1.86. The van der Waals surface area contributed by atoms with E-state index >= 15 is 0 Å². The minimum absolute atomic E-state index is 0.00451. The van der Waals surface area contributed by atoms with Crippen molar-refractivity contribution < 1.29 is 4.79 Å². The Hall–Kier alpha value is -0.870. The van der Waals surface area contributed by atoms with Crippen molar-refractivity contribution in [2.75, 3.05) is 6.54 Å². The monoisotopic (exact) mass is 266 g/mol. The highest BCUT2D eigenvalue weighted by Crippen LogP contribution is 2.28. The van der Waals surface area contributed by atoms with Crippen LogP contribution in [0.3, 0.4) is 0 Å². The summed E-state index contributed by atoms with van der Waals surface area (Å²) in [6.45, 7) is 5.02. The highest BCUT2D eigenvalue weighted by atomic mass is 32.1. The van der Waals surface area contributed by atoms with E-state index in [1.807, 2.05) is 0 Å². The smallest absolute Gasteiger partial charge is 0.223 e. The summed E-state index contributed by atoms with van der Waals surface area (Å²) in [5.41, 5.74) is 5.85. The van der Waals surface area contributed by atoms with Gasteiger partial charge in [-0.3, -0.25) is 4.79 Å². The lowest BCUT2D eigenvalue weighted by atomic mass is 9.91. The van der Waals surface area contributed by atoms with Crippen LogP contribution in [0.4, 0.5) is 0 Å². The molecule has 2 rings (SSSR count). The molecule has 1 amide bonds. The molecule has 2 unspecified atom stereocenters. The van der Waals surface area contributed by atoms with Gasteiger partial charge in [-0.05, 0) is 30.7 Å². The molecule has 2 atom stereocenters. The first-order valence-corrected chi connectivity index (χ1v) is 7.44. The first kappa shape index (κ1) is 13.6. The number of thiophene rings is 1. The quantitative estimate of drug-likeness (QED) is 0.878. The standard InChI is InChI=1S/C14H22N2OS/c1-14(2,12-4-3-7-18-12)9-16-13(17)10-5-6-11(15)8-10/h3-4,7,10-11H,5-6,8-9,15H2,1-2H3,(H,16,17). The first-order chi connectivity index (χ1) is 8.49. The van der Waals surface area contributed by atoms with Crippen LogP contribution >= 0.6 is 11.3 Å². The molecule has 1 aliphatic carbocycles. The Morgan fingerprint density at radius 3 is 2.89 bits per heavy atom. The van der Waals surface area contributed by atoms with Gasteiger partial charge in [-0.1, -0.05) is 19.9 Å². The van der Waals surface area contributed by atoms with Crippen LogP contribution < -0.4 is 11.1 Å². The van der Waals surface area contributed by atoms with E-state index in [-0.39, 0.29) is 23.3 Å². The van der Waals surface area contributed by atoms with E-state index in [9.17, 15) is 4.79 Å². The van der Waals surface area contributed by atoms with Crippen molar-refractivity contribution in [3.8, 4) is 0 Å².